The number of nitrogens with one attached hydrogen (secondary N) is 1. The molecule has 2 rings (SSSR count). The third kappa shape index (κ3) is 2.57. The van der Waals surface area contributed by atoms with E-state index in [9.17, 15) is 8.78 Å². The van der Waals surface area contributed by atoms with E-state index in [1.165, 1.54) is 12.1 Å². The molecule has 0 saturated heterocycles. The van der Waals surface area contributed by atoms with Crippen LogP contribution in [0.2, 0.25) is 0 Å². The smallest absolute Gasteiger partial charge is 0.128 e. The van der Waals surface area contributed by atoms with Gasteiger partial charge in [-0.1, -0.05) is 43.3 Å². The molecule has 3 heteroatoms. The van der Waals surface area contributed by atoms with Crippen molar-refractivity contribution in [3.63, 3.8) is 0 Å². The zero-order valence-corrected chi connectivity index (χ0v) is 10.2. The van der Waals surface area contributed by atoms with Gasteiger partial charge in [0.2, 0.25) is 0 Å². The van der Waals surface area contributed by atoms with Crippen LogP contribution in [0.5, 0.6) is 0 Å². The average molecular weight is 247 g/mol. The molecule has 0 aliphatic heterocycles. The standard InChI is InChI=1S/C15H15F2N/c1-2-18-15(11-7-3-5-9-13(11)16)12-8-4-6-10-14(12)17/h3-10,15,18H,2H2,1H3. The van der Waals surface area contributed by atoms with Gasteiger partial charge in [0, 0.05) is 11.1 Å². The van der Waals surface area contributed by atoms with Gasteiger partial charge < -0.3 is 5.32 Å². The summed E-state index contributed by atoms with van der Waals surface area (Å²) in [6.07, 6.45) is 0. The Kier molecular flexibility index (Phi) is 4.05. The van der Waals surface area contributed by atoms with E-state index < -0.39 is 6.04 Å². The van der Waals surface area contributed by atoms with Gasteiger partial charge in [0.05, 0.1) is 6.04 Å². The molecule has 0 bridgehead atoms. The van der Waals surface area contributed by atoms with Crippen LogP contribution in [0.25, 0.3) is 0 Å². The van der Waals surface area contributed by atoms with Gasteiger partial charge in [-0.05, 0) is 18.7 Å². The van der Waals surface area contributed by atoms with Gasteiger partial charge in [-0.3, -0.25) is 0 Å². The van der Waals surface area contributed by atoms with E-state index in [1.54, 1.807) is 36.4 Å². The summed E-state index contributed by atoms with van der Waals surface area (Å²) in [5.41, 5.74) is 0.925. The summed E-state index contributed by atoms with van der Waals surface area (Å²) in [4.78, 5) is 0. The Morgan fingerprint density at radius 3 is 1.72 bits per heavy atom. The molecule has 0 aliphatic carbocycles. The lowest BCUT2D eigenvalue weighted by atomic mass is 9.97. The molecule has 94 valence electrons. The third-order valence-electron chi connectivity index (χ3n) is 2.84. The summed E-state index contributed by atoms with van der Waals surface area (Å²) in [6, 6.07) is 12.4. The van der Waals surface area contributed by atoms with Crippen molar-refractivity contribution in [1.29, 1.82) is 0 Å². The highest BCUT2D eigenvalue weighted by Crippen LogP contribution is 2.26. The van der Waals surface area contributed by atoms with Gasteiger partial charge in [-0.25, -0.2) is 8.78 Å². The summed E-state index contributed by atoms with van der Waals surface area (Å²) in [5, 5.41) is 3.12. The fourth-order valence-corrected chi connectivity index (χ4v) is 2.01. The van der Waals surface area contributed by atoms with Gasteiger partial charge in [-0.2, -0.15) is 0 Å². The number of hydrogen-bond donors (Lipinski definition) is 1. The molecular weight excluding hydrogens is 232 g/mol. The molecule has 0 saturated carbocycles. The van der Waals surface area contributed by atoms with E-state index in [4.69, 9.17) is 0 Å². The number of halogens is 2. The molecule has 2 aromatic carbocycles. The molecule has 0 spiro atoms. The van der Waals surface area contributed by atoms with E-state index in [0.29, 0.717) is 17.7 Å². The minimum atomic E-state index is -0.461. The maximum Gasteiger partial charge on any atom is 0.128 e. The molecule has 18 heavy (non-hydrogen) atoms. The first kappa shape index (κ1) is 12.7. The quantitative estimate of drug-likeness (QED) is 0.869. The molecule has 0 amide bonds. The molecule has 0 unspecified atom stereocenters. The third-order valence-corrected chi connectivity index (χ3v) is 2.84. The van der Waals surface area contributed by atoms with Crippen molar-refractivity contribution < 1.29 is 8.78 Å². The zero-order valence-electron chi connectivity index (χ0n) is 10.2. The van der Waals surface area contributed by atoms with E-state index in [-0.39, 0.29) is 11.6 Å². The Morgan fingerprint density at radius 2 is 1.33 bits per heavy atom. The van der Waals surface area contributed by atoms with Crippen LogP contribution in [-0.2, 0) is 0 Å². The van der Waals surface area contributed by atoms with E-state index in [0.717, 1.165) is 0 Å². The zero-order chi connectivity index (χ0) is 13.0. The fourth-order valence-electron chi connectivity index (χ4n) is 2.01. The van der Waals surface area contributed by atoms with Gasteiger partial charge in [0.25, 0.3) is 0 Å². The minimum absolute atomic E-state index is 0.327. The van der Waals surface area contributed by atoms with Crippen LogP contribution >= 0.6 is 0 Å². The normalized spacial score (nSPS) is 10.9. The lowest BCUT2D eigenvalue weighted by Crippen LogP contribution is -2.23. The first-order valence-corrected chi connectivity index (χ1v) is 5.96. The van der Waals surface area contributed by atoms with E-state index in [1.807, 2.05) is 6.92 Å². The summed E-state index contributed by atoms with van der Waals surface area (Å²) in [5.74, 6) is -0.654. The predicted octanol–water partition coefficient (Wildman–Crippen LogP) is 3.66. The largest absolute Gasteiger partial charge is 0.306 e. The lowest BCUT2D eigenvalue weighted by Gasteiger charge is -2.20. The molecule has 0 aromatic heterocycles. The molecule has 1 nitrogen and oxygen atoms in total. The Bertz CT molecular complexity index is 480. The first-order valence-electron chi connectivity index (χ1n) is 5.96. The molecule has 0 atom stereocenters. The van der Waals surface area contributed by atoms with Crippen LogP contribution in [0.3, 0.4) is 0 Å². The highest BCUT2D eigenvalue weighted by Gasteiger charge is 2.19. The molecule has 2 aromatic rings. The van der Waals surface area contributed by atoms with Crippen LogP contribution in [0, 0.1) is 11.6 Å². The van der Waals surface area contributed by atoms with Gasteiger partial charge in [0.15, 0.2) is 0 Å². The van der Waals surface area contributed by atoms with Gasteiger partial charge >= 0.3 is 0 Å². The number of benzene rings is 2. The van der Waals surface area contributed by atoms with Crippen molar-refractivity contribution in [1.82, 2.24) is 5.32 Å². The number of rotatable bonds is 4. The maximum absolute atomic E-state index is 13.8. The SMILES string of the molecule is CCNC(c1ccccc1F)c1ccccc1F. The predicted molar refractivity (Wildman–Crippen MR) is 68.3 cm³/mol. The summed E-state index contributed by atoms with van der Waals surface area (Å²) < 4.78 is 27.6. The Morgan fingerprint density at radius 1 is 0.889 bits per heavy atom. The van der Waals surface area contributed by atoms with Crippen molar-refractivity contribution in [2.75, 3.05) is 6.54 Å². The van der Waals surface area contributed by atoms with Crippen LogP contribution in [0.4, 0.5) is 8.78 Å². The highest BCUT2D eigenvalue weighted by molar-refractivity contribution is 5.33. The maximum atomic E-state index is 13.8. The molecule has 1 N–H and O–H groups in total. The summed E-state index contributed by atoms with van der Waals surface area (Å²) in [7, 11) is 0. The van der Waals surface area contributed by atoms with Crippen LogP contribution in [0.15, 0.2) is 48.5 Å². The first-order chi connectivity index (χ1) is 8.74. The second-order valence-electron chi connectivity index (χ2n) is 4.03. The molecule has 0 radical (unpaired) electrons. The second-order valence-corrected chi connectivity index (χ2v) is 4.03. The van der Waals surface area contributed by atoms with Crippen molar-refractivity contribution in [2.24, 2.45) is 0 Å². The molecule has 0 aliphatic rings. The number of hydrogen-bond acceptors (Lipinski definition) is 1. The van der Waals surface area contributed by atoms with Crippen LogP contribution < -0.4 is 5.32 Å². The minimum Gasteiger partial charge on any atom is -0.306 e. The lowest BCUT2D eigenvalue weighted by molar-refractivity contribution is 0.530. The Balaban J connectivity index is 2.47. The average Bonchev–Trinajstić information content (AvgIpc) is 2.38. The van der Waals surface area contributed by atoms with Crippen molar-refractivity contribution >= 4 is 0 Å². The summed E-state index contributed by atoms with van der Waals surface area (Å²) in [6.45, 7) is 2.54. The van der Waals surface area contributed by atoms with Crippen LogP contribution in [0.1, 0.15) is 24.1 Å². The topological polar surface area (TPSA) is 12.0 Å². The van der Waals surface area contributed by atoms with E-state index >= 15 is 0 Å². The van der Waals surface area contributed by atoms with Gasteiger partial charge in [0.1, 0.15) is 11.6 Å². The monoisotopic (exact) mass is 247 g/mol. The summed E-state index contributed by atoms with van der Waals surface area (Å²) >= 11 is 0. The van der Waals surface area contributed by atoms with Gasteiger partial charge in [-0.15, -0.1) is 0 Å². The Labute approximate surface area is 105 Å². The van der Waals surface area contributed by atoms with Crippen molar-refractivity contribution in [2.45, 2.75) is 13.0 Å². The van der Waals surface area contributed by atoms with Crippen molar-refractivity contribution in [3.8, 4) is 0 Å². The Hall–Kier alpha value is -1.74. The van der Waals surface area contributed by atoms with Crippen LogP contribution in [-0.4, -0.2) is 6.54 Å². The van der Waals surface area contributed by atoms with Crippen molar-refractivity contribution in [3.05, 3.63) is 71.3 Å². The molecule has 0 heterocycles. The molecular formula is C15H15F2N. The fraction of sp³-hybridized carbons (Fsp3) is 0.200. The molecule has 0 fully saturated rings. The highest BCUT2D eigenvalue weighted by atomic mass is 19.1. The second kappa shape index (κ2) is 5.74. The van der Waals surface area contributed by atoms with E-state index in [2.05, 4.69) is 5.32 Å².